The van der Waals surface area contributed by atoms with Gasteiger partial charge in [-0.1, -0.05) is 53.7 Å². The van der Waals surface area contributed by atoms with E-state index < -0.39 is 0 Å². The Hall–Kier alpha value is -3.39. The molecule has 0 spiro atoms. The number of methoxy groups -OCH3 is 1. The maximum atomic E-state index is 12.4. The topological polar surface area (TPSA) is 79.9 Å². The van der Waals surface area contributed by atoms with E-state index in [9.17, 15) is 4.79 Å². The summed E-state index contributed by atoms with van der Waals surface area (Å²) in [7, 11) is 3.05. The molecule has 152 valence electrons. The molecule has 0 fully saturated rings. The number of para-hydroxylation sites is 1. The Labute approximate surface area is 168 Å². The maximum absolute atomic E-state index is 12.4. The summed E-state index contributed by atoms with van der Waals surface area (Å²) in [5.41, 5.74) is 2.25. The first-order valence-electron chi connectivity index (χ1n) is 9.20. The number of hydrogen-bond acceptors (Lipinski definition) is 6. The van der Waals surface area contributed by atoms with Crippen LogP contribution in [0.15, 0.2) is 64.5 Å². The Kier molecular flexibility index (Phi) is 6.80. The predicted molar refractivity (Wildman–Crippen MR) is 109 cm³/mol. The average Bonchev–Trinajstić information content (AvgIpc) is 3.05. The maximum Gasteiger partial charge on any atom is 0.353 e. The number of benzene rings is 2. The lowest BCUT2D eigenvalue weighted by atomic mass is 10.1. The number of aromatic nitrogens is 3. The van der Waals surface area contributed by atoms with Gasteiger partial charge < -0.3 is 14.3 Å². The summed E-state index contributed by atoms with van der Waals surface area (Å²) in [5, 5.41) is 8.04. The number of nitrogens with zero attached hydrogens (tertiary/aromatic N) is 4. The van der Waals surface area contributed by atoms with Gasteiger partial charge in [0.2, 0.25) is 0 Å². The zero-order valence-corrected chi connectivity index (χ0v) is 16.7. The fourth-order valence-electron chi connectivity index (χ4n) is 2.80. The Morgan fingerprint density at radius 1 is 1.14 bits per heavy atom. The molecule has 0 aliphatic carbocycles. The van der Waals surface area contributed by atoms with Gasteiger partial charge in [0.25, 0.3) is 0 Å². The smallest absolute Gasteiger partial charge is 0.353 e. The molecule has 3 rings (SSSR count). The predicted octanol–water partition coefficient (Wildman–Crippen LogP) is 2.86. The fraction of sp³-hybridized carbons (Fsp3) is 0.286. The Balaban J connectivity index is 1.59. The molecule has 0 N–H and O–H groups in total. The molecule has 1 unspecified atom stereocenters. The Morgan fingerprint density at radius 3 is 2.62 bits per heavy atom. The lowest BCUT2D eigenvalue weighted by molar-refractivity contribution is 0.0705. The minimum absolute atomic E-state index is 0.141. The highest BCUT2D eigenvalue weighted by atomic mass is 16.6. The molecule has 0 aliphatic rings. The lowest BCUT2D eigenvalue weighted by Crippen LogP contribution is -2.22. The van der Waals surface area contributed by atoms with Crippen molar-refractivity contribution < 1.29 is 14.3 Å². The van der Waals surface area contributed by atoms with Crippen LogP contribution in [0.4, 0.5) is 0 Å². The molecule has 1 heterocycles. The third kappa shape index (κ3) is 4.91. The first-order chi connectivity index (χ1) is 14.1. The van der Waals surface area contributed by atoms with Crippen LogP contribution in [-0.4, -0.2) is 34.3 Å². The van der Waals surface area contributed by atoms with Crippen LogP contribution >= 0.6 is 0 Å². The highest BCUT2D eigenvalue weighted by Crippen LogP contribution is 2.18. The monoisotopic (exact) mass is 396 g/mol. The van der Waals surface area contributed by atoms with Crippen LogP contribution in [0.25, 0.3) is 5.69 Å². The van der Waals surface area contributed by atoms with Crippen molar-refractivity contribution in [3.05, 3.63) is 76.2 Å². The van der Waals surface area contributed by atoms with E-state index in [1.165, 1.54) is 16.4 Å². The van der Waals surface area contributed by atoms with E-state index in [0.717, 1.165) is 11.1 Å². The van der Waals surface area contributed by atoms with Crippen LogP contribution < -0.4 is 10.4 Å². The summed E-state index contributed by atoms with van der Waals surface area (Å²) in [6.45, 7) is 2.50. The van der Waals surface area contributed by atoms with Crippen molar-refractivity contribution in [2.75, 3.05) is 13.7 Å². The molecule has 8 nitrogen and oxygen atoms in total. The summed E-state index contributed by atoms with van der Waals surface area (Å²) in [5.74, 6) is 0. The summed E-state index contributed by atoms with van der Waals surface area (Å²) < 4.78 is 13.5. The Morgan fingerprint density at radius 2 is 1.86 bits per heavy atom. The van der Waals surface area contributed by atoms with Crippen molar-refractivity contribution in [3.63, 3.8) is 0 Å². The fourth-order valence-corrected chi connectivity index (χ4v) is 2.80. The third-order valence-corrected chi connectivity index (χ3v) is 4.32. The minimum atomic E-state index is -0.292. The molecule has 0 aliphatic heterocycles. The normalized spacial score (nSPS) is 12.2. The summed E-state index contributed by atoms with van der Waals surface area (Å²) in [6, 6.07) is 17.5. The van der Waals surface area contributed by atoms with Crippen LogP contribution in [0.1, 0.15) is 24.2 Å². The van der Waals surface area contributed by atoms with Gasteiger partial charge in [0, 0.05) is 12.6 Å². The highest BCUT2D eigenvalue weighted by Gasteiger charge is 2.16. The lowest BCUT2D eigenvalue weighted by Gasteiger charge is -2.11. The van der Waals surface area contributed by atoms with E-state index >= 15 is 0 Å². The third-order valence-electron chi connectivity index (χ3n) is 4.32. The standard InChI is InChI=1S/C21H24N4O4/c1-16(17-9-5-4-6-10-17)29-22-13-14-28-15-18-11-7-8-12-19(18)25-20(27-3)23-24(2)21(25)26/h4-13,16H,14-15H2,1-3H3/b22-13-. The van der Waals surface area contributed by atoms with Crippen LogP contribution in [0.2, 0.25) is 0 Å². The van der Waals surface area contributed by atoms with Crippen LogP contribution in [0.5, 0.6) is 6.01 Å². The molecule has 0 saturated carbocycles. The summed E-state index contributed by atoms with van der Waals surface area (Å²) in [4.78, 5) is 17.8. The molecule has 0 radical (unpaired) electrons. The largest absolute Gasteiger partial charge is 0.467 e. The van der Waals surface area contributed by atoms with Crippen LogP contribution in [0, 0.1) is 0 Å². The zero-order chi connectivity index (χ0) is 20.6. The Bertz CT molecular complexity index is 1010. The molecule has 0 saturated heterocycles. The van der Waals surface area contributed by atoms with Crippen molar-refractivity contribution in [3.8, 4) is 11.7 Å². The number of oxime groups is 1. The molecule has 0 amide bonds. The molecule has 0 bridgehead atoms. The van der Waals surface area contributed by atoms with Gasteiger partial charge in [-0.3, -0.25) is 0 Å². The number of aryl methyl sites for hydroxylation is 1. The highest BCUT2D eigenvalue weighted by molar-refractivity contribution is 5.57. The van der Waals surface area contributed by atoms with E-state index in [1.54, 1.807) is 13.3 Å². The molecule has 2 aromatic carbocycles. The van der Waals surface area contributed by atoms with Gasteiger partial charge in [0.1, 0.15) is 6.10 Å². The molecule has 3 aromatic rings. The van der Waals surface area contributed by atoms with Crippen molar-refractivity contribution in [2.45, 2.75) is 19.6 Å². The number of ether oxygens (including phenoxy) is 2. The van der Waals surface area contributed by atoms with E-state index in [4.69, 9.17) is 14.3 Å². The van der Waals surface area contributed by atoms with Gasteiger partial charge in [0.05, 0.1) is 32.2 Å². The molecular formula is C21H24N4O4. The van der Waals surface area contributed by atoms with Crippen LogP contribution in [-0.2, 0) is 23.2 Å². The van der Waals surface area contributed by atoms with Crippen molar-refractivity contribution in [1.82, 2.24) is 14.3 Å². The first kappa shape index (κ1) is 20.3. The molecule has 1 atom stereocenters. The second-order valence-electron chi connectivity index (χ2n) is 6.32. The molecule has 29 heavy (non-hydrogen) atoms. The van der Waals surface area contributed by atoms with Gasteiger partial charge in [-0.2, -0.15) is 0 Å². The van der Waals surface area contributed by atoms with Gasteiger partial charge in [-0.05, 0) is 18.6 Å². The van der Waals surface area contributed by atoms with Crippen molar-refractivity contribution >= 4 is 6.21 Å². The first-order valence-corrected chi connectivity index (χ1v) is 9.20. The van der Waals surface area contributed by atoms with E-state index in [-0.39, 0.29) is 24.4 Å². The molecular weight excluding hydrogens is 372 g/mol. The van der Waals surface area contributed by atoms with Gasteiger partial charge in [-0.15, -0.1) is 5.10 Å². The SMILES string of the molecule is COc1nn(C)c(=O)n1-c1ccccc1COC/C=N\OC(C)c1ccccc1. The quantitative estimate of drug-likeness (QED) is 0.316. The minimum Gasteiger partial charge on any atom is -0.467 e. The second-order valence-corrected chi connectivity index (χ2v) is 6.32. The summed E-state index contributed by atoms with van der Waals surface area (Å²) >= 11 is 0. The zero-order valence-electron chi connectivity index (χ0n) is 16.7. The molecule has 8 heteroatoms. The van der Waals surface area contributed by atoms with E-state index in [2.05, 4.69) is 10.3 Å². The van der Waals surface area contributed by atoms with Gasteiger partial charge in [-0.25, -0.2) is 14.0 Å². The molecule has 1 aromatic heterocycles. The summed E-state index contributed by atoms with van der Waals surface area (Å²) in [6.07, 6.45) is 1.43. The van der Waals surface area contributed by atoms with Crippen molar-refractivity contribution in [2.24, 2.45) is 12.2 Å². The van der Waals surface area contributed by atoms with Gasteiger partial charge in [0.15, 0.2) is 0 Å². The van der Waals surface area contributed by atoms with Gasteiger partial charge >= 0.3 is 11.7 Å². The second kappa shape index (κ2) is 9.70. The average molecular weight is 396 g/mol. The van der Waals surface area contributed by atoms with E-state index in [0.29, 0.717) is 12.3 Å². The van der Waals surface area contributed by atoms with E-state index in [1.807, 2.05) is 61.5 Å². The number of rotatable bonds is 9. The van der Waals surface area contributed by atoms with Crippen LogP contribution in [0.3, 0.4) is 0 Å². The van der Waals surface area contributed by atoms with Crippen molar-refractivity contribution in [1.29, 1.82) is 0 Å². The number of hydrogen-bond donors (Lipinski definition) is 0.